The van der Waals surface area contributed by atoms with Crippen molar-refractivity contribution in [3.05, 3.63) is 18.7 Å². The Kier molecular flexibility index (Phi) is 3.66. The van der Waals surface area contributed by atoms with Crippen LogP contribution in [0.15, 0.2) is 18.7 Å². The van der Waals surface area contributed by atoms with E-state index in [4.69, 9.17) is 20.4 Å². The number of morpholine rings is 1. The van der Waals surface area contributed by atoms with Crippen LogP contribution in [0.5, 0.6) is 0 Å². The minimum absolute atomic E-state index is 0.242. The molecule has 9 nitrogen and oxygen atoms in total. The molecule has 1 aliphatic carbocycles. The van der Waals surface area contributed by atoms with E-state index >= 15 is 0 Å². The number of nitrogens with zero attached hydrogens (tertiary/aromatic N) is 7. The first-order valence-electron chi connectivity index (χ1n) is 8.91. The van der Waals surface area contributed by atoms with Gasteiger partial charge in [0.15, 0.2) is 5.65 Å². The summed E-state index contributed by atoms with van der Waals surface area (Å²) in [5.41, 5.74) is 8.80. The molecule has 0 bridgehead atoms. The first-order valence-corrected chi connectivity index (χ1v) is 8.91. The molecule has 2 N–H and O–H groups in total. The molecule has 0 atom stereocenters. The Bertz CT molecular complexity index is 928. The maximum Gasteiger partial charge on any atom is 0.228 e. The molecular weight excluding hydrogens is 332 g/mol. The highest BCUT2D eigenvalue weighted by molar-refractivity contribution is 5.88. The van der Waals surface area contributed by atoms with Crippen molar-refractivity contribution >= 4 is 23.1 Å². The van der Waals surface area contributed by atoms with E-state index in [1.165, 1.54) is 12.8 Å². The molecule has 1 aliphatic heterocycles. The van der Waals surface area contributed by atoms with Crippen molar-refractivity contribution < 1.29 is 4.74 Å². The van der Waals surface area contributed by atoms with Crippen LogP contribution in [-0.4, -0.2) is 55.8 Å². The Labute approximate surface area is 150 Å². The molecule has 0 spiro atoms. The van der Waals surface area contributed by atoms with Crippen LogP contribution >= 0.6 is 0 Å². The van der Waals surface area contributed by atoms with Gasteiger partial charge in [-0.15, -0.1) is 0 Å². The summed E-state index contributed by atoms with van der Waals surface area (Å²) in [4.78, 5) is 24.6. The Balaban J connectivity index is 1.65. The van der Waals surface area contributed by atoms with Crippen molar-refractivity contribution in [2.24, 2.45) is 5.92 Å². The summed E-state index contributed by atoms with van der Waals surface area (Å²) < 4.78 is 7.60. The molecule has 3 aromatic rings. The number of fused-ring (bicyclic) bond motifs is 1. The summed E-state index contributed by atoms with van der Waals surface area (Å²) in [6, 6.07) is 0. The Morgan fingerprint density at radius 3 is 2.58 bits per heavy atom. The standard InChI is InChI=1S/C17H20N8O/c18-16-19-7-12(8-20-16)13-14-15(25(10-21-14)9-11-1-2-11)23-17(22-13)24-3-5-26-6-4-24/h7-8,10-11H,1-6,9H2,(H2,18,19,20). The van der Waals surface area contributed by atoms with Gasteiger partial charge in [0.05, 0.1) is 19.5 Å². The third kappa shape index (κ3) is 2.84. The lowest BCUT2D eigenvalue weighted by molar-refractivity contribution is 0.122. The second-order valence-corrected chi connectivity index (χ2v) is 6.81. The van der Waals surface area contributed by atoms with Crippen molar-refractivity contribution in [1.82, 2.24) is 29.5 Å². The zero-order chi connectivity index (χ0) is 17.5. The monoisotopic (exact) mass is 352 g/mol. The minimum Gasteiger partial charge on any atom is -0.378 e. The van der Waals surface area contributed by atoms with Gasteiger partial charge in [0, 0.05) is 37.6 Å². The van der Waals surface area contributed by atoms with Gasteiger partial charge in [-0.25, -0.2) is 19.9 Å². The molecule has 0 aromatic carbocycles. The van der Waals surface area contributed by atoms with Crippen LogP contribution in [0.2, 0.25) is 0 Å². The van der Waals surface area contributed by atoms with Gasteiger partial charge in [0.25, 0.3) is 0 Å². The van der Waals surface area contributed by atoms with E-state index in [0.717, 1.165) is 48.0 Å². The Hall–Kier alpha value is -2.81. The summed E-state index contributed by atoms with van der Waals surface area (Å²) >= 11 is 0. The topological polar surface area (TPSA) is 108 Å². The maximum atomic E-state index is 5.63. The lowest BCUT2D eigenvalue weighted by Gasteiger charge is -2.27. The second kappa shape index (κ2) is 6.17. The van der Waals surface area contributed by atoms with E-state index in [2.05, 4.69) is 24.4 Å². The SMILES string of the molecule is Nc1ncc(-c2nc(N3CCOCC3)nc3c2ncn3CC2CC2)cn1. The van der Waals surface area contributed by atoms with Crippen molar-refractivity contribution in [3.8, 4) is 11.3 Å². The van der Waals surface area contributed by atoms with Gasteiger partial charge >= 0.3 is 0 Å². The van der Waals surface area contributed by atoms with Gasteiger partial charge in [-0.3, -0.25) is 0 Å². The summed E-state index contributed by atoms with van der Waals surface area (Å²) in [6.07, 6.45) is 7.79. The summed E-state index contributed by atoms with van der Waals surface area (Å²) in [5.74, 6) is 1.68. The number of hydrogen-bond acceptors (Lipinski definition) is 8. The molecule has 1 saturated heterocycles. The molecule has 26 heavy (non-hydrogen) atoms. The van der Waals surface area contributed by atoms with Crippen molar-refractivity contribution in [2.45, 2.75) is 19.4 Å². The third-order valence-corrected chi connectivity index (χ3v) is 4.84. The summed E-state index contributed by atoms with van der Waals surface area (Å²) in [7, 11) is 0. The molecule has 4 heterocycles. The predicted octanol–water partition coefficient (Wildman–Crippen LogP) is 1.11. The molecule has 0 unspecified atom stereocenters. The number of hydrogen-bond donors (Lipinski definition) is 1. The normalized spacial score (nSPS) is 17.8. The fraction of sp³-hybridized carbons (Fsp3) is 0.471. The van der Waals surface area contributed by atoms with Gasteiger partial charge in [-0.2, -0.15) is 4.98 Å². The number of imidazole rings is 1. The quantitative estimate of drug-likeness (QED) is 0.744. The summed E-state index contributed by atoms with van der Waals surface area (Å²) in [5, 5.41) is 0. The maximum absolute atomic E-state index is 5.63. The van der Waals surface area contributed by atoms with Crippen LogP contribution in [0.4, 0.5) is 11.9 Å². The highest BCUT2D eigenvalue weighted by Crippen LogP contribution is 2.33. The number of anilines is 2. The average Bonchev–Trinajstić information content (AvgIpc) is 3.41. The number of nitrogen functional groups attached to an aromatic ring is 1. The van der Waals surface area contributed by atoms with Crippen LogP contribution < -0.4 is 10.6 Å². The van der Waals surface area contributed by atoms with E-state index in [0.29, 0.717) is 19.2 Å². The zero-order valence-corrected chi connectivity index (χ0v) is 14.4. The van der Waals surface area contributed by atoms with Gasteiger partial charge in [0.2, 0.25) is 11.9 Å². The third-order valence-electron chi connectivity index (χ3n) is 4.84. The second-order valence-electron chi connectivity index (χ2n) is 6.81. The van der Waals surface area contributed by atoms with Crippen LogP contribution in [0, 0.1) is 5.92 Å². The van der Waals surface area contributed by atoms with Crippen molar-refractivity contribution in [1.29, 1.82) is 0 Å². The van der Waals surface area contributed by atoms with Crippen LogP contribution in [0.3, 0.4) is 0 Å². The number of aromatic nitrogens is 6. The van der Waals surface area contributed by atoms with Crippen LogP contribution in [0.1, 0.15) is 12.8 Å². The molecule has 0 amide bonds. The van der Waals surface area contributed by atoms with Gasteiger partial charge in [-0.1, -0.05) is 0 Å². The fourth-order valence-electron chi connectivity index (χ4n) is 3.21. The van der Waals surface area contributed by atoms with Crippen LogP contribution in [0.25, 0.3) is 22.4 Å². The Morgan fingerprint density at radius 1 is 1.08 bits per heavy atom. The predicted molar refractivity (Wildman–Crippen MR) is 96.5 cm³/mol. The van der Waals surface area contributed by atoms with E-state index < -0.39 is 0 Å². The largest absolute Gasteiger partial charge is 0.378 e. The molecule has 2 fully saturated rings. The highest BCUT2D eigenvalue weighted by atomic mass is 16.5. The van der Waals surface area contributed by atoms with Gasteiger partial charge in [0.1, 0.15) is 11.2 Å². The number of rotatable bonds is 4. The number of ether oxygens (including phenoxy) is 1. The van der Waals surface area contributed by atoms with E-state index in [-0.39, 0.29) is 5.95 Å². The first-order chi connectivity index (χ1) is 12.8. The average molecular weight is 352 g/mol. The minimum atomic E-state index is 0.242. The van der Waals surface area contributed by atoms with Crippen molar-refractivity contribution in [3.63, 3.8) is 0 Å². The van der Waals surface area contributed by atoms with Gasteiger partial charge in [-0.05, 0) is 18.8 Å². The molecule has 0 radical (unpaired) electrons. The van der Waals surface area contributed by atoms with Crippen molar-refractivity contribution in [2.75, 3.05) is 36.9 Å². The van der Waals surface area contributed by atoms with E-state index in [1.807, 2.05) is 6.33 Å². The fourth-order valence-corrected chi connectivity index (χ4v) is 3.21. The van der Waals surface area contributed by atoms with E-state index in [9.17, 15) is 0 Å². The first kappa shape index (κ1) is 15.4. The molecule has 2 aliphatic rings. The molecule has 9 heteroatoms. The Morgan fingerprint density at radius 2 is 1.85 bits per heavy atom. The smallest absolute Gasteiger partial charge is 0.228 e. The van der Waals surface area contributed by atoms with E-state index in [1.54, 1.807) is 12.4 Å². The lowest BCUT2D eigenvalue weighted by Crippen LogP contribution is -2.37. The molecule has 3 aromatic heterocycles. The van der Waals surface area contributed by atoms with Gasteiger partial charge < -0.3 is 19.9 Å². The zero-order valence-electron chi connectivity index (χ0n) is 14.4. The highest BCUT2D eigenvalue weighted by Gasteiger charge is 2.25. The van der Waals surface area contributed by atoms with Crippen LogP contribution in [-0.2, 0) is 11.3 Å². The number of nitrogens with two attached hydrogens (primary N) is 1. The molecular formula is C17H20N8O. The lowest BCUT2D eigenvalue weighted by atomic mass is 10.2. The summed E-state index contributed by atoms with van der Waals surface area (Å²) in [6.45, 7) is 3.87. The molecule has 1 saturated carbocycles. The molecule has 134 valence electrons. The molecule has 5 rings (SSSR count).